The molecule has 11 heteroatoms. The highest BCUT2D eigenvalue weighted by molar-refractivity contribution is 6.30. The van der Waals surface area contributed by atoms with Gasteiger partial charge < -0.3 is 14.9 Å². The SMILES string of the molecule is C=CC(O)(c1cc(F)c2c(c1)C(=O)N(Cc1ccc(C#N)cn1)[C@@]2(O[C@H]1C[C@@H](O)C1)c1ccc(Cl)cc1)c1cnn(C)c1. The van der Waals surface area contributed by atoms with Crippen LogP contribution in [-0.2, 0) is 29.7 Å². The maximum Gasteiger partial charge on any atom is 0.257 e. The van der Waals surface area contributed by atoms with Gasteiger partial charge in [0.25, 0.3) is 5.91 Å². The maximum absolute atomic E-state index is 16.7. The fraction of sp³-hybridized carbons (Fsp3) is 0.250. The number of nitriles is 1. The fourth-order valence-corrected chi connectivity index (χ4v) is 5.88. The lowest BCUT2D eigenvalue weighted by molar-refractivity contribution is -0.191. The number of ether oxygens (including phenoxy) is 1. The van der Waals surface area contributed by atoms with E-state index in [0.717, 1.165) is 0 Å². The Hall–Kier alpha value is -4.40. The first-order valence-corrected chi connectivity index (χ1v) is 14.0. The highest BCUT2D eigenvalue weighted by Crippen LogP contribution is 2.51. The molecule has 4 aromatic rings. The van der Waals surface area contributed by atoms with E-state index in [4.69, 9.17) is 16.3 Å². The summed E-state index contributed by atoms with van der Waals surface area (Å²) < 4.78 is 24.8. The Balaban J connectivity index is 1.57. The molecule has 0 spiro atoms. The summed E-state index contributed by atoms with van der Waals surface area (Å²) >= 11 is 6.22. The molecule has 1 aliphatic heterocycles. The number of amides is 1. The number of benzene rings is 2. The Morgan fingerprint density at radius 3 is 2.56 bits per heavy atom. The molecule has 9 nitrogen and oxygen atoms in total. The third kappa shape index (κ3) is 4.71. The summed E-state index contributed by atoms with van der Waals surface area (Å²) in [7, 11) is 1.68. The molecule has 1 unspecified atom stereocenters. The average molecular weight is 600 g/mol. The molecule has 1 aliphatic carbocycles. The third-order valence-corrected chi connectivity index (χ3v) is 8.33. The van der Waals surface area contributed by atoms with Crippen LogP contribution in [-0.4, -0.2) is 48.0 Å². The van der Waals surface area contributed by atoms with Crippen LogP contribution in [0, 0.1) is 17.1 Å². The number of carbonyl (C=O) groups excluding carboxylic acids is 1. The van der Waals surface area contributed by atoms with Gasteiger partial charge in [0, 0.05) is 35.6 Å². The normalized spacial score (nSPS) is 22.4. The maximum atomic E-state index is 16.7. The number of nitrogens with zero attached hydrogens (tertiary/aromatic N) is 5. The Morgan fingerprint density at radius 1 is 1.23 bits per heavy atom. The molecule has 0 saturated heterocycles. The van der Waals surface area contributed by atoms with E-state index in [2.05, 4.69) is 16.7 Å². The largest absolute Gasteiger partial charge is 0.393 e. The van der Waals surface area contributed by atoms with E-state index in [9.17, 15) is 20.3 Å². The molecule has 1 fully saturated rings. The minimum Gasteiger partial charge on any atom is -0.393 e. The predicted octanol–water partition coefficient (Wildman–Crippen LogP) is 4.30. The van der Waals surface area contributed by atoms with E-state index < -0.39 is 35.3 Å². The predicted molar refractivity (Wildman–Crippen MR) is 154 cm³/mol. The second-order valence-corrected chi connectivity index (χ2v) is 11.2. The number of fused-ring (bicyclic) bond motifs is 1. The number of halogens is 2. The molecular formula is C32H27ClFN5O4. The van der Waals surface area contributed by atoms with Gasteiger partial charge in [-0.25, -0.2) is 4.39 Å². The molecule has 0 bridgehead atoms. The lowest BCUT2D eigenvalue weighted by Gasteiger charge is -2.45. The summed E-state index contributed by atoms with van der Waals surface area (Å²) in [5.41, 5.74) is -2.00. The van der Waals surface area contributed by atoms with Crippen molar-refractivity contribution >= 4 is 17.5 Å². The zero-order valence-electron chi connectivity index (χ0n) is 23.1. The molecule has 2 atom stereocenters. The van der Waals surface area contributed by atoms with Crippen LogP contribution < -0.4 is 0 Å². The van der Waals surface area contributed by atoms with Crippen LogP contribution in [0.1, 0.15) is 56.7 Å². The van der Waals surface area contributed by atoms with Crippen molar-refractivity contribution in [1.82, 2.24) is 19.7 Å². The summed E-state index contributed by atoms with van der Waals surface area (Å²) in [5, 5.41) is 35.5. The lowest BCUT2D eigenvalue weighted by atomic mass is 9.84. The number of pyridine rings is 1. The van der Waals surface area contributed by atoms with Crippen LogP contribution >= 0.6 is 11.6 Å². The van der Waals surface area contributed by atoms with E-state index >= 15 is 4.39 Å². The second-order valence-electron chi connectivity index (χ2n) is 10.8. The van der Waals surface area contributed by atoms with Crippen LogP contribution in [0.3, 0.4) is 0 Å². The Kier molecular flexibility index (Phi) is 7.15. The van der Waals surface area contributed by atoms with E-state index in [1.54, 1.807) is 49.6 Å². The lowest BCUT2D eigenvalue weighted by Crippen LogP contribution is -2.51. The number of rotatable bonds is 8. The van der Waals surface area contributed by atoms with Gasteiger partial charge in [-0.1, -0.05) is 36.4 Å². The Labute approximate surface area is 252 Å². The zero-order valence-corrected chi connectivity index (χ0v) is 23.9. The summed E-state index contributed by atoms with van der Waals surface area (Å²) in [6.45, 7) is 3.68. The zero-order chi connectivity index (χ0) is 30.5. The summed E-state index contributed by atoms with van der Waals surface area (Å²) in [6, 6.07) is 14.4. The monoisotopic (exact) mass is 599 g/mol. The number of hydrogen-bond acceptors (Lipinski definition) is 7. The van der Waals surface area contributed by atoms with E-state index in [1.165, 1.54) is 40.2 Å². The molecule has 0 radical (unpaired) electrons. The number of aliphatic hydroxyl groups is 2. The quantitative estimate of drug-likeness (QED) is 0.289. The van der Waals surface area contributed by atoms with Gasteiger partial charge in [0.15, 0.2) is 0 Å². The van der Waals surface area contributed by atoms with Crippen LogP contribution in [0.4, 0.5) is 4.39 Å². The van der Waals surface area contributed by atoms with Crippen molar-refractivity contribution in [2.75, 3.05) is 0 Å². The molecule has 2 aromatic heterocycles. The first kappa shape index (κ1) is 28.7. The molecule has 2 aliphatic rings. The molecule has 1 amide bonds. The third-order valence-electron chi connectivity index (χ3n) is 8.08. The Morgan fingerprint density at radius 2 is 1.98 bits per heavy atom. The van der Waals surface area contributed by atoms with Crippen molar-refractivity contribution in [1.29, 1.82) is 5.26 Å². The van der Waals surface area contributed by atoms with Crippen molar-refractivity contribution in [2.24, 2.45) is 7.05 Å². The van der Waals surface area contributed by atoms with Crippen LogP contribution in [0.15, 0.2) is 79.8 Å². The summed E-state index contributed by atoms with van der Waals surface area (Å²) in [6.07, 6.45) is 5.24. The summed E-state index contributed by atoms with van der Waals surface area (Å²) in [4.78, 5) is 20.1. The van der Waals surface area contributed by atoms with Crippen LogP contribution in [0.5, 0.6) is 0 Å². The minimum absolute atomic E-state index is 0.0115. The summed E-state index contributed by atoms with van der Waals surface area (Å²) in [5.74, 6) is -1.34. The van der Waals surface area contributed by atoms with Crippen LogP contribution in [0.25, 0.3) is 0 Å². The topological polar surface area (TPSA) is 124 Å². The molecule has 2 N–H and O–H groups in total. The first-order chi connectivity index (χ1) is 20.6. The van der Waals surface area contributed by atoms with Gasteiger partial charge in [0.1, 0.15) is 17.5 Å². The van der Waals surface area contributed by atoms with E-state index in [0.29, 0.717) is 40.2 Å². The second kappa shape index (κ2) is 10.7. The highest BCUT2D eigenvalue weighted by atomic mass is 35.5. The van der Waals surface area contributed by atoms with Gasteiger partial charge in [-0.05, 0) is 54.8 Å². The standard InChI is InChI=1S/C32H27ClFN5O4/c1-3-31(42,22-16-37-38(2)17-22)21-10-27-29(28(34)11-21)32(43-26-12-25(40)13-26,20-5-7-23(33)8-6-20)39(30(27)41)18-24-9-4-19(14-35)15-36-24/h3-11,15-17,25-26,40,42H,1,12-13,18H2,2H3/t25-,26+,31?,32-/m1/s1. The van der Waals surface area contributed by atoms with Gasteiger partial charge in [-0.15, -0.1) is 0 Å². The van der Waals surface area contributed by atoms with Crippen molar-refractivity contribution in [3.8, 4) is 6.07 Å². The fourth-order valence-electron chi connectivity index (χ4n) is 5.75. The van der Waals surface area contributed by atoms with Gasteiger partial charge >= 0.3 is 0 Å². The van der Waals surface area contributed by atoms with Crippen molar-refractivity contribution in [3.05, 3.63) is 130 Å². The minimum atomic E-state index is -1.85. The van der Waals surface area contributed by atoms with Crippen LogP contribution in [0.2, 0.25) is 5.02 Å². The first-order valence-electron chi connectivity index (χ1n) is 13.6. The number of hydrogen-bond donors (Lipinski definition) is 2. The number of aliphatic hydroxyl groups excluding tert-OH is 1. The Bertz CT molecular complexity index is 1760. The van der Waals surface area contributed by atoms with Gasteiger partial charge in [-0.3, -0.25) is 19.4 Å². The molecule has 2 aromatic carbocycles. The smallest absolute Gasteiger partial charge is 0.257 e. The molecule has 218 valence electrons. The van der Waals surface area contributed by atoms with Gasteiger partial charge in [-0.2, -0.15) is 10.4 Å². The number of carbonyl (C=O) groups is 1. The molecule has 1 saturated carbocycles. The molecular weight excluding hydrogens is 573 g/mol. The number of aryl methyl sites for hydroxylation is 1. The van der Waals surface area contributed by atoms with Crippen molar-refractivity contribution in [3.63, 3.8) is 0 Å². The van der Waals surface area contributed by atoms with E-state index in [1.807, 2.05) is 6.07 Å². The average Bonchev–Trinajstić information content (AvgIpc) is 3.53. The highest BCUT2D eigenvalue weighted by Gasteiger charge is 2.56. The van der Waals surface area contributed by atoms with Crippen molar-refractivity contribution < 1.29 is 24.1 Å². The van der Waals surface area contributed by atoms with Crippen molar-refractivity contribution in [2.45, 2.75) is 42.9 Å². The van der Waals surface area contributed by atoms with Gasteiger partial charge in [0.05, 0.1) is 47.3 Å². The molecule has 6 rings (SSSR count). The van der Waals surface area contributed by atoms with E-state index in [-0.39, 0.29) is 23.2 Å². The molecule has 43 heavy (non-hydrogen) atoms. The molecule has 3 heterocycles. The number of aromatic nitrogens is 3. The van der Waals surface area contributed by atoms with Gasteiger partial charge in [0.2, 0.25) is 5.72 Å².